The zero-order valence-corrected chi connectivity index (χ0v) is 21.8. The van der Waals surface area contributed by atoms with Gasteiger partial charge in [0.15, 0.2) is 0 Å². The SMILES string of the molecule is O=C(O)COC1(c2ccc(OCc3cc(-c4ccccc4Cl)ccc3OCC3CCOCC3)cc2)COC1. The molecule has 3 aromatic carbocycles. The van der Waals surface area contributed by atoms with Gasteiger partial charge in [-0.05, 0) is 60.2 Å². The van der Waals surface area contributed by atoms with Crippen molar-refractivity contribution in [1.82, 2.24) is 0 Å². The molecule has 0 bridgehead atoms. The molecule has 0 spiro atoms. The van der Waals surface area contributed by atoms with Gasteiger partial charge >= 0.3 is 5.97 Å². The van der Waals surface area contributed by atoms with Crippen molar-refractivity contribution in [3.8, 4) is 22.6 Å². The standard InChI is InChI=1S/C30H31ClO7/c31-27-4-2-1-3-26(27)22-5-10-28(37-16-21-11-13-34-14-12-21)23(15-22)17-36-25-8-6-24(7-9-25)30(19-35-20-30)38-18-29(32)33/h1-10,15,21H,11-14,16-20H2,(H,32,33). The Bertz CT molecular complexity index is 1230. The highest BCUT2D eigenvalue weighted by molar-refractivity contribution is 6.33. The Morgan fingerprint density at radius 1 is 0.974 bits per heavy atom. The lowest BCUT2D eigenvalue weighted by Gasteiger charge is -2.41. The first-order chi connectivity index (χ1) is 18.5. The predicted molar refractivity (Wildman–Crippen MR) is 143 cm³/mol. The molecule has 2 heterocycles. The molecule has 200 valence electrons. The molecule has 2 saturated heterocycles. The van der Waals surface area contributed by atoms with E-state index in [-0.39, 0.29) is 6.61 Å². The minimum absolute atomic E-state index is 0.310. The summed E-state index contributed by atoms with van der Waals surface area (Å²) in [6.07, 6.45) is 2.00. The van der Waals surface area contributed by atoms with Crippen molar-refractivity contribution in [3.63, 3.8) is 0 Å². The van der Waals surface area contributed by atoms with Crippen LogP contribution in [0.2, 0.25) is 5.02 Å². The third kappa shape index (κ3) is 6.30. The van der Waals surface area contributed by atoms with E-state index in [2.05, 4.69) is 6.07 Å². The Balaban J connectivity index is 1.31. The summed E-state index contributed by atoms with van der Waals surface area (Å²) in [6.45, 7) is 2.77. The fourth-order valence-corrected chi connectivity index (χ4v) is 4.90. The van der Waals surface area contributed by atoms with Crippen LogP contribution in [0.3, 0.4) is 0 Å². The van der Waals surface area contributed by atoms with E-state index in [1.54, 1.807) is 0 Å². The molecule has 2 aliphatic heterocycles. The minimum atomic E-state index is -1.01. The van der Waals surface area contributed by atoms with Crippen LogP contribution in [-0.2, 0) is 31.2 Å². The molecule has 7 nitrogen and oxygen atoms in total. The van der Waals surface area contributed by atoms with Crippen LogP contribution in [0, 0.1) is 5.92 Å². The lowest BCUT2D eigenvalue weighted by atomic mass is 9.91. The summed E-state index contributed by atoms with van der Waals surface area (Å²) in [5.74, 6) is 0.932. The van der Waals surface area contributed by atoms with Crippen molar-refractivity contribution in [2.24, 2.45) is 5.92 Å². The van der Waals surface area contributed by atoms with Crippen LogP contribution in [-0.4, -0.2) is 50.7 Å². The van der Waals surface area contributed by atoms with Gasteiger partial charge in [0.2, 0.25) is 0 Å². The van der Waals surface area contributed by atoms with Crippen LogP contribution < -0.4 is 9.47 Å². The average Bonchev–Trinajstić information content (AvgIpc) is 2.92. The largest absolute Gasteiger partial charge is 0.493 e. The number of aliphatic carboxylic acids is 1. The van der Waals surface area contributed by atoms with Crippen molar-refractivity contribution < 1.29 is 33.6 Å². The van der Waals surface area contributed by atoms with Gasteiger partial charge in [-0.15, -0.1) is 0 Å². The smallest absolute Gasteiger partial charge is 0.329 e. The molecule has 1 N–H and O–H groups in total. The summed E-state index contributed by atoms with van der Waals surface area (Å²) in [6, 6.07) is 21.3. The van der Waals surface area contributed by atoms with Gasteiger partial charge in [0.05, 0.1) is 19.8 Å². The van der Waals surface area contributed by atoms with Crippen molar-refractivity contribution in [2.45, 2.75) is 25.0 Å². The minimum Gasteiger partial charge on any atom is -0.493 e. The Labute approximate surface area is 227 Å². The third-order valence-electron chi connectivity index (χ3n) is 6.98. The molecule has 2 fully saturated rings. The Kier molecular flexibility index (Phi) is 8.49. The zero-order valence-electron chi connectivity index (χ0n) is 21.1. The molecular weight excluding hydrogens is 508 g/mol. The maximum Gasteiger partial charge on any atom is 0.329 e. The molecule has 0 aliphatic carbocycles. The number of carbonyl (C=O) groups is 1. The van der Waals surface area contributed by atoms with Crippen LogP contribution >= 0.6 is 11.6 Å². The molecular formula is C30H31ClO7. The van der Waals surface area contributed by atoms with Gasteiger partial charge in [-0.1, -0.05) is 48.0 Å². The first-order valence-electron chi connectivity index (χ1n) is 12.8. The van der Waals surface area contributed by atoms with Gasteiger partial charge in [0.25, 0.3) is 0 Å². The second kappa shape index (κ2) is 12.2. The average molecular weight is 539 g/mol. The molecule has 2 aliphatic rings. The van der Waals surface area contributed by atoms with Crippen molar-refractivity contribution >= 4 is 17.6 Å². The van der Waals surface area contributed by atoms with E-state index >= 15 is 0 Å². The second-order valence-electron chi connectivity index (χ2n) is 9.65. The quantitative estimate of drug-likeness (QED) is 0.334. The number of rotatable bonds is 11. The molecule has 5 rings (SSSR count). The summed E-state index contributed by atoms with van der Waals surface area (Å²) < 4.78 is 28.9. The van der Waals surface area contributed by atoms with Crippen molar-refractivity contribution in [1.29, 1.82) is 0 Å². The first-order valence-corrected chi connectivity index (χ1v) is 13.2. The summed E-state index contributed by atoms with van der Waals surface area (Å²) >= 11 is 6.47. The molecule has 38 heavy (non-hydrogen) atoms. The number of hydrogen-bond donors (Lipinski definition) is 1. The second-order valence-corrected chi connectivity index (χ2v) is 10.1. The highest BCUT2D eigenvalue weighted by atomic mass is 35.5. The van der Waals surface area contributed by atoms with Gasteiger partial charge in [-0.25, -0.2) is 4.79 Å². The molecule has 0 saturated carbocycles. The van der Waals surface area contributed by atoms with Gasteiger partial charge in [0.1, 0.15) is 30.3 Å². The van der Waals surface area contributed by atoms with Crippen LogP contribution in [0.1, 0.15) is 24.0 Å². The Morgan fingerprint density at radius 3 is 2.42 bits per heavy atom. The fourth-order valence-electron chi connectivity index (χ4n) is 4.65. The summed E-state index contributed by atoms with van der Waals surface area (Å²) in [4.78, 5) is 11.0. The van der Waals surface area contributed by atoms with Crippen LogP contribution in [0.25, 0.3) is 11.1 Å². The summed E-state index contributed by atoms with van der Waals surface area (Å²) in [5, 5.41) is 9.68. The monoisotopic (exact) mass is 538 g/mol. The van der Waals surface area contributed by atoms with Gasteiger partial charge < -0.3 is 28.8 Å². The summed E-state index contributed by atoms with van der Waals surface area (Å²) in [7, 11) is 0. The topological polar surface area (TPSA) is 83.5 Å². The lowest BCUT2D eigenvalue weighted by Crippen LogP contribution is -2.49. The van der Waals surface area contributed by atoms with Crippen LogP contribution in [0.4, 0.5) is 0 Å². The van der Waals surface area contributed by atoms with Gasteiger partial charge in [0, 0.05) is 29.4 Å². The number of halogens is 1. The maximum atomic E-state index is 11.0. The first kappa shape index (κ1) is 26.5. The third-order valence-corrected chi connectivity index (χ3v) is 7.31. The fraction of sp³-hybridized carbons (Fsp3) is 0.367. The number of hydrogen-bond acceptors (Lipinski definition) is 6. The maximum absolute atomic E-state index is 11.0. The Morgan fingerprint density at radius 2 is 1.74 bits per heavy atom. The van der Waals surface area contributed by atoms with E-state index in [9.17, 15) is 4.79 Å². The van der Waals surface area contributed by atoms with Crippen molar-refractivity contribution in [3.05, 3.63) is 82.9 Å². The zero-order chi connectivity index (χ0) is 26.4. The molecule has 0 amide bonds. The van der Waals surface area contributed by atoms with Gasteiger partial charge in [-0.3, -0.25) is 0 Å². The van der Waals surface area contributed by atoms with Crippen LogP contribution in [0.5, 0.6) is 11.5 Å². The Hall–Kier alpha value is -3.10. The normalized spacial score (nSPS) is 17.0. The van der Waals surface area contributed by atoms with E-state index in [1.807, 2.05) is 60.7 Å². The molecule has 0 atom stereocenters. The van der Waals surface area contributed by atoms with E-state index in [0.29, 0.717) is 43.1 Å². The molecule has 8 heteroatoms. The highest BCUT2D eigenvalue weighted by Crippen LogP contribution is 2.36. The summed E-state index contributed by atoms with van der Waals surface area (Å²) in [5.41, 5.74) is 2.99. The van der Waals surface area contributed by atoms with E-state index in [1.165, 1.54) is 0 Å². The van der Waals surface area contributed by atoms with Crippen molar-refractivity contribution in [2.75, 3.05) is 39.6 Å². The van der Waals surface area contributed by atoms with E-state index in [4.69, 9.17) is 40.4 Å². The highest BCUT2D eigenvalue weighted by Gasteiger charge is 2.42. The number of carboxylic acids is 1. The predicted octanol–water partition coefficient (Wildman–Crippen LogP) is 5.72. The molecule has 0 aromatic heterocycles. The molecule has 3 aromatic rings. The van der Waals surface area contributed by atoms with Crippen LogP contribution in [0.15, 0.2) is 66.7 Å². The van der Waals surface area contributed by atoms with E-state index in [0.717, 1.165) is 54.1 Å². The number of carboxylic acid groups (broad SMARTS) is 1. The van der Waals surface area contributed by atoms with E-state index < -0.39 is 11.6 Å². The number of ether oxygens (including phenoxy) is 5. The molecule has 0 unspecified atom stereocenters. The number of benzene rings is 3. The molecule has 0 radical (unpaired) electrons. The van der Waals surface area contributed by atoms with Gasteiger partial charge in [-0.2, -0.15) is 0 Å². The lowest BCUT2D eigenvalue weighted by molar-refractivity contribution is -0.220.